The van der Waals surface area contributed by atoms with Crippen LogP contribution >= 0.6 is 0 Å². The summed E-state index contributed by atoms with van der Waals surface area (Å²) in [6, 6.07) is 10.9. The molecule has 0 radical (unpaired) electrons. The fourth-order valence-corrected chi connectivity index (χ4v) is 4.95. The predicted octanol–water partition coefficient (Wildman–Crippen LogP) is 5.22. The second kappa shape index (κ2) is 11.2. The molecule has 0 saturated carbocycles. The van der Waals surface area contributed by atoms with Crippen molar-refractivity contribution < 1.29 is 45.0 Å². The number of anilines is 2. The van der Waals surface area contributed by atoms with Crippen molar-refractivity contribution in [2.24, 2.45) is 0 Å². The lowest BCUT2D eigenvalue weighted by Gasteiger charge is -2.33. The van der Waals surface area contributed by atoms with Crippen molar-refractivity contribution >= 4 is 21.4 Å². The Kier molecular flexibility index (Phi) is 8.49. The van der Waals surface area contributed by atoms with Gasteiger partial charge in [0.25, 0.3) is 0 Å². The zero-order valence-corrected chi connectivity index (χ0v) is 20.3. The molecule has 7 nitrogen and oxygen atoms in total. The summed E-state index contributed by atoms with van der Waals surface area (Å²) in [5.74, 6) is -1.51. The molecular weight excluding hydrogens is 523 g/mol. The zero-order chi connectivity index (χ0) is 27.5. The number of rotatable bonds is 10. The minimum atomic E-state index is -4.28. The first-order valence-corrected chi connectivity index (χ1v) is 12.5. The van der Waals surface area contributed by atoms with E-state index < -0.39 is 46.9 Å². The quantitative estimate of drug-likeness (QED) is 0.267. The molecule has 37 heavy (non-hydrogen) atoms. The van der Waals surface area contributed by atoms with Crippen molar-refractivity contribution in [3.05, 3.63) is 83.2 Å². The Morgan fingerprint density at radius 2 is 1.27 bits per heavy atom. The highest BCUT2D eigenvalue weighted by Gasteiger charge is 2.34. The van der Waals surface area contributed by atoms with E-state index in [-0.39, 0.29) is 33.9 Å². The molecule has 0 aliphatic rings. The number of nitrogens with zero attached hydrogens (tertiary/aromatic N) is 1. The van der Waals surface area contributed by atoms with E-state index in [0.29, 0.717) is 0 Å². The molecule has 0 spiro atoms. The van der Waals surface area contributed by atoms with Gasteiger partial charge in [-0.2, -0.15) is 17.6 Å². The lowest BCUT2D eigenvalue weighted by Crippen LogP contribution is -2.36. The van der Waals surface area contributed by atoms with Crippen LogP contribution in [0.25, 0.3) is 0 Å². The largest absolute Gasteiger partial charge is 0.435 e. The number of nitrogen functional groups attached to an aromatic ring is 1. The van der Waals surface area contributed by atoms with Gasteiger partial charge in [0.15, 0.2) is 5.82 Å². The summed E-state index contributed by atoms with van der Waals surface area (Å²) in [4.78, 5) is 0. The molecular formula is C24H23F5N2O5S. The molecule has 3 aromatic carbocycles. The third-order valence-electron chi connectivity index (χ3n) is 5.28. The Balaban J connectivity index is 2.25. The molecule has 3 aromatic rings. The highest BCUT2D eigenvalue weighted by Crippen LogP contribution is 2.40. The van der Waals surface area contributed by atoms with E-state index in [4.69, 9.17) is 5.73 Å². The lowest BCUT2D eigenvalue weighted by atomic mass is 9.97. The van der Waals surface area contributed by atoms with Crippen LogP contribution in [0, 0.1) is 5.82 Å². The summed E-state index contributed by atoms with van der Waals surface area (Å²) in [6.07, 6.45) is -0.559. The number of nitrogens with two attached hydrogens (primary N) is 1. The van der Waals surface area contributed by atoms with Gasteiger partial charge in [-0.05, 0) is 54.4 Å². The van der Waals surface area contributed by atoms with Crippen LogP contribution in [0.5, 0.6) is 11.5 Å². The predicted molar refractivity (Wildman–Crippen MR) is 127 cm³/mol. The molecule has 0 bridgehead atoms. The Morgan fingerprint density at radius 1 is 0.838 bits per heavy atom. The second-order valence-electron chi connectivity index (χ2n) is 7.93. The molecule has 1 unspecified atom stereocenters. The van der Waals surface area contributed by atoms with Crippen LogP contribution in [0.2, 0.25) is 0 Å². The number of alkyl halides is 4. The molecule has 0 amide bonds. The molecule has 0 heterocycles. The molecule has 3 rings (SSSR count). The fraction of sp³-hybridized carbons (Fsp3) is 0.250. The minimum Gasteiger partial charge on any atom is -0.435 e. The van der Waals surface area contributed by atoms with Crippen molar-refractivity contribution in [1.29, 1.82) is 0 Å². The number of aliphatic hydroxyl groups is 1. The van der Waals surface area contributed by atoms with E-state index in [1.54, 1.807) is 0 Å². The normalized spacial score (nSPS) is 12.7. The van der Waals surface area contributed by atoms with Crippen LogP contribution in [0.4, 0.5) is 33.3 Å². The van der Waals surface area contributed by atoms with Crippen molar-refractivity contribution in [3.8, 4) is 11.5 Å². The Bertz CT molecular complexity index is 1270. The van der Waals surface area contributed by atoms with Gasteiger partial charge in [-0.1, -0.05) is 24.3 Å². The van der Waals surface area contributed by atoms with Crippen molar-refractivity contribution in [3.63, 3.8) is 0 Å². The summed E-state index contributed by atoms with van der Waals surface area (Å²) >= 11 is 0. The average Bonchev–Trinajstić information content (AvgIpc) is 2.78. The van der Waals surface area contributed by atoms with Gasteiger partial charge in [0.05, 0.1) is 24.1 Å². The van der Waals surface area contributed by atoms with E-state index in [2.05, 4.69) is 9.47 Å². The van der Waals surface area contributed by atoms with Gasteiger partial charge in [-0.3, -0.25) is 4.31 Å². The SMILES string of the molecule is CC(O)c1c(N)ccc(N(C(c2ccc(OC(F)F)cc2)c2ccc(OC(F)F)cc2)S(C)(=O)=O)c1F. The van der Waals surface area contributed by atoms with Crippen LogP contribution in [-0.4, -0.2) is 33.0 Å². The monoisotopic (exact) mass is 546 g/mol. The van der Waals surface area contributed by atoms with Gasteiger partial charge in [-0.15, -0.1) is 0 Å². The number of benzene rings is 3. The molecule has 1 atom stereocenters. The molecule has 0 aromatic heterocycles. The maximum atomic E-state index is 15.6. The first-order valence-electron chi connectivity index (χ1n) is 10.6. The Hall–Kier alpha value is -3.58. The smallest absolute Gasteiger partial charge is 0.387 e. The minimum absolute atomic E-state index is 0.108. The number of ether oxygens (including phenoxy) is 2. The lowest BCUT2D eigenvalue weighted by molar-refractivity contribution is -0.0505. The number of hydrogen-bond donors (Lipinski definition) is 2. The highest BCUT2D eigenvalue weighted by molar-refractivity contribution is 7.92. The van der Waals surface area contributed by atoms with Gasteiger partial charge in [0.2, 0.25) is 10.0 Å². The van der Waals surface area contributed by atoms with Gasteiger partial charge < -0.3 is 20.3 Å². The van der Waals surface area contributed by atoms with Crippen LogP contribution in [0.3, 0.4) is 0 Å². The number of aliphatic hydroxyl groups excluding tert-OH is 1. The fourth-order valence-electron chi connectivity index (χ4n) is 3.83. The Labute approximate surface area is 209 Å². The van der Waals surface area contributed by atoms with E-state index >= 15 is 4.39 Å². The van der Waals surface area contributed by atoms with E-state index in [0.717, 1.165) is 16.6 Å². The number of hydrogen-bond acceptors (Lipinski definition) is 6. The topological polar surface area (TPSA) is 102 Å². The molecule has 0 saturated heterocycles. The summed E-state index contributed by atoms with van der Waals surface area (Å²) in [5.41, 5.74) is 5.29. The summed E-state index contributed by atoms with van der Waals surface area (Å²) in [6.45, 7) is -4.94. The molecule has 200 valence electrons. The molecule has 13 heteroatoms. The van der Waals surface area contributed by atoms with E-state index in [1.807, 2.05) is 0 Å². The molecule has 0 fully saturated rings. The maximum Gasteiger partial charge on any atom is 0.387 e. The van der Waals surface area contributed by atoms with E-state index in [1.165, 1.54) is 61.5 Å². The third kappa shape index (κ3) is 6.60. The third-order valence-corrected chi connectivity index (χ3v) is 6.40. The molecule has 0 aliphatic heterocycles. The van der Waals surface area contributed by atoms with Crippen LogP contribution in [-0.2, 0) is 10.0 Å². The van der Waals surface area contributed by atoms with Gasteiger partial charge in [-0.25, -0.2) is 12.8 Å². The number of halogens is 5. The Morgan fingerprint density at radius 3 is 1.62 bits per heavy atom. The van der Waals surface area contributed by atoms with Crippen LogP contribution in [0.1, 0.15) is 35.8 Å². The maximum absolute atomic E-state index is 15.6. The molecule has 3 N–H and O–H groups in total. The molecule has 0 aliphatic carbocycles. The summed E-state index contributed by atoms with van der Waals surface area (Å²) in [7, 11) is -4.28. The first kappa shape index (κ1) is 28.0. The van der Waals surface area contributed by atoms with Crippen LogP contribution in [0.15, 0.2) is 60.7 Å². The zero-order valence-electron chi connectivity index (χ0n) is 19.5. The van der Waals surface area contributed by atoms with Crippen LogP contribution < -0.4 is 19.5 Å². The first-order chi connectivity index (χ1) is 17.3. The average molecular weight is 547 g/mol. The summed E-state index contributed by atoms with van der Waals surface area (Å²) in [5, 5.41) is 10.0. The van der Waals surface area contributed by atoms with Gasteiger partial charge >= 0.3 is 13.2 Å². The second-order valence-corrected chi connectivity index (χ2v) is 9.79. The van der Waals surface area contributed by atoms with Gasteiger partial charge in [0.1, 0.15) is 11.5 Å². The number of sulfonamides is 1. The summed E-state index contributed by atoms with van der Waals surface area (Å²) < 4.78 is 102. The standard InChI is InChI=1S/C24H23F5N2O5S/c1-13(32)20-18(30)11-12-19(21(20)25)31(37(2,33)34)22(14-3-7-16(8-4-14)35-23(26)27)15-5-9-17(10-6-15)36-24(28)29/h3-13,22-24,32H,30H2,1-2H3. The van der Waals surface area contributed by atoms with Crippen molar-refractivity contribution in [1.82, 2.24) is 0 Å². The highest BCUT2D eigenvalue weighted by atomic mass is 32.2. The van der Waals surface area contributed by atoms with Crippen molar-refractivity contribution in [2.45, 2.75) is 32.3 Å². The van der Waals surface area contributed by atoms with Crippen molar-refractivity contribution in [2.75, 3.05) is 16.3 Å². The van der Waals surface area contributed by atoms with Gasteiger partial charge in [0, 0.05) is 11.3 Å². The van der Waals surface area contributed by atoms with E-state index in [9.17, 15) is 31.1 Å².